The zero-order valence-corrected chi connectivity index (χ0v) is 17.1. The molecule has 0 aromatic heterocycles. The second-order valence-electron chi connectivity index (χ2n) is 7.27. The van der Waals surface area contributed by atoms with Crippen LogP contribution in [0.5, 0.6) is 5.75 Å². The molecular formula is C20H29N5O4. The highest BCUT2D eigenvalue weighted by Gasteiger charge is 2.49. The van der Waals surface area contributed by atoms with Crippen molar-refractivity contribution in [1.82, 2.24) is 20.4 Å². The van der Waals surface area contributed by atoms with Gasteiger partial charge in [0.05, 0.1) is 12.6 Å². The first-order valence-electron chi connectivity index (χ1n) is 9.92. The molecule has 3 rings (SSSR count). The van der Waals surface area contributed by atoms with Gasteiger partial charge in [-0.2, -0.15) is 0 Å². The van der Waals surface area contributed by atoms with Gasteiger partial charge in [0.15, 0.2) is 12.0 Å². The van der Waals surface area contributed by atoms with Gasteiger partial charge < -0.3 is 24.6 Å². The average Bonchev–Trinajstić information content (AvgIpc) is 3.06. The van der Waals surface area contributed by atoms with Gasteiger partial charge in [0.1, 0.15) is 18.5 Å². The molecule has 1 aromatic rings. The summed E-state index contributed by atoms with van der Waals surface area (Å²) in [5.74, 6) is 1.03. The number of carbonyl (C=O) groups is 2. The monoisotopic (exact) mass is 403 g/mol. The van der Waals surface area contributed by atoms with Crippen LogP contribution < -0.4 is 15.4 Å². The average molecular weight is 403 g/mol. The zero-order chi connectivity index (χ0) is 20.8. The van der Waals surface area contributed by atoms with Crippen molar-refractivity contribution < 1.29 is 19.1 Å². The van der Waals surface area contributed by atoms with Crippen LogP contribution in [0.15, 0.2) is 35.3 Å². The molecule has 2 heterocycles. The van der Waals surface area contributed by atoms with Crippen molar-refractivity contribution in [2.24, 2.45) is 4.99 Å². The SMILES string of the molecule is CC(C)OCCCN=C1NC2C(C(=O)NC(=O)N2C)N1CCOc1ccccc1. The molecule has 2 saturated heterocycles. The molecule has 2 atom stereocenters. The van der Waals surface area contributed by atoms with Crippen LogP contribution in [0.1, 0.15) is 20.3 Å². The van der Waals surface area contributed by atoms with Gasteiger partial charge in [0.25, 0.3) is 5.91 Å². The minimum absolute atomic E-state index is 0.185. The summed E-state index contributed by atoms with van der Waals surface area (Å²) in [4.78, 5) is 32.5. The van der Waals surface area contributed by atoms with E-state index in [2.05, 4.69) is 15.6 Å². The van der Waals surface area contributed by atoms with E-state index in [4.69, 9.17) is 9.47 Å². The number of carbonyl (C=O) groups excluding carboxylic acids is 2. The number of hydrogen-bond donors (Lipinski definition) is 2. The first-order valence-corrected chi connectivity index (χ1v) is 9.92. The normalized spacial score (nSPS) is 22.7. The second-order valence-corrected chi connectivity index (χ2v) is 7.27. The van der Waals surface area contributed by atoms with Crippen LogP contribution in [0.2, 0.25) is 0 Å². The number of aliphatic imine (C=N–C) groups is 1. The zero-order valence-electron chi connectivity index (χ0n) is 17.1. The molecule has 2 fully saturated rings. The Labute approximate surface area is 171 Å². The van der Waals surface area contributed by atoms with Crippen LogP contribution in [0, 0.1) is 0 Å². The number of hydrogen-bond acceptors (Lipinski definition) is 5. The predicted octanol–water partition coefficient (Wildman–Crippen LogP) is 1.02. The number of urea groups is 1. The molecule has 0 aliphatic carbocycles. The number of benzene rings is 1. The standard InChI is InChI=1S/C20H29N5O4/c1-14(2)28-12-7-10-21-19-22-17-16(18(26)23-20(27)24(17)3)25(19)11-13-29-15-8-5-4-6-9-15/h4-6,8-9,14,16-17H,7,10-13H2,1-3H3,(H,21,22)(H,23,26,27). The lowest BCUT2D eigenvalue weighted by molar-refractivity contribution is -0.127. The number of rotatable bonds is 9. The Kier molecular flexibility index (Phi) is 6.92. The van der Waals surface area contributed by atoms with Gasteiger partial charge in [-0.05, 0) is 32.4 Å². The lowest BCUT2D eigenvalue weighted by Gasteiger charge is -2.35. The van der Waals surface area contributed by atoms with Crippen LogP contribution in [-0.2, 0) is 9.53 Å². The molecule has 2 unspecified atom stereocenters. The molecule has 0 spiro atoms. The summed E-state index contributed by atoms with van der Waals surface area (Å²) in [7, 11) is 1.66. The number of para-hydroxylation sites is 1. The maximum atomic E-state index is 12.5. The topological polar surface area (TPSA) is 95.5 Å². The summed E-state index contributed by atoms with van der Waals surface area (Å²) < 4.78 is 11.3. The van der Waals surface area contributed by atoms with Gasteiger partial charge >= 0.3 is 6.03 Å². The van der Waals surface area contributed by atoms with Crippen molar-refractivity contribution in [2.45, 2.75) is 38.6 Å². The Morgan fingerprint density at radius 3 is 2.66 bits per heavy atom. The minimum Gasteiger partial charge on any atom is -0.492 e. The summed E-state index contributed by atoms with van der Waals surface area (Å²) in [6, 6.07) is 8.53. The molecule has 1 aromatic carbocycles. The van der Waals surface area contributed by atoms with Crippen molar-refractivity contribution in [3.8, 4) is 5.75 Å². The summed E-state index contributed by atoms with van der Waals surface area (Å²) >= 11 is 0. The van der Waals surface area contributed by atoms with E-state index in [-0.39, 0.29) is 12.0 Å². The fraction of sp³-hybridized carbons (Fsp3) is 0.550. The first kappa shape index (κ1) is 20.9. The van der Waals surface area contributed by atoms with Gasteiger partial charge in [-0.25, -0.2) is 4.79 Å². The smallest absolute Gasteiger partial charge is 0.325 e. The highest BCUT2D eigenvalue weighted by molar-refractivity contribution is 6.04. The number of imide groups is 1. The van der Waals surface area contributed by atoms with Gasteiger partial charge in [0.2, 0.25) is 0 Å². The Balaban J connectivity index is 1.66. The molecule has 2 N–H and O–H groups in total. The Hall–Kier alpha value is -2.81. The van der Waals surface area contributed by atoms with E-state index < -0.39 is 18.2 Å². The molecule has 0 radical (unpaired) electrons. The van der Waals surface area contributed by atoms with Gasteiger partial charge in [-0.3, -0.25) is 15.1 Å². The molecule has 2 aliphatic heterocycles. The van der Waals surface area contributed by atoms with E-state index in [9.17, 15) is 9.59 Å². The number of amides is 3. The summed E-state index contributed by atoms with van der Waals surface area (Å²) in [6.45, 7) is 6.01. The maximum Gasteiger partial charge on any atom is 0.325 e. The van der Waals surface area contributed by atoms with Crippen molar-refractivity contribution in [3.05, 3.63) is 30.3 Å². The Morgan fingerprint density at radius 1 is 1.17 bits per heavy atom. The van der Waals surface area contributed by atoms with Crippen molar-refractivity contribution >= 4 is 17.9 Å². The Morgan fingerprint density at radius 2 is 1.93 bits per heavy atom. The van der Waals surface area contributed by atoms with E-state index in [0.29, 0.717) is 32.3 Å². The van der Waals surface area contributed by atoms with Gasteiger partial charge in [0, 0.05) is 20.2 Å². The quantitative estimate of drug-likeness (QED) is 0.598. The number of nitrogens with zero attached hydrogens (tertiary/aromatic N) is 3. The van der Waals surface area contributed by atoms with Crippen LogP contribution in [0.4, 0.5) is 4.79 Å². The Bertz CT molecular complexity index is 740. The first-order chi connectivity index (χ1) is 14.0. The summed E-state index contributed by atoms with van der Waals surface area (Å²) in [6.07, 6.45) is 0.498. The third-order valence-electron chi connectivity index (χ3n) is 4.78. The fourth-order valence-corrected chi connectivity index (χ4v) is 3.31. The molecule has 9 heteroatoms. The molecule has 9 nitrogen and oxygen atoms in total. The van der Waals surface area contributed by atoms with E-state index in [1.807, 2.05) is 49.1 Å². The predicted molar refractivity (Wildman–Crippen MR) is 109 cm³/mol. The van der Waals surface area contributed by atoms with Crippen molar-refractivity contribution in [2.75, 3.05) is 33.4 Å². The lowest BCUT2D eigenvalue weighted by Crippen LogP contribution is -2.65. The van der Waals surface area contributed by atoms with E-state index in [0.717, 1.165) is 12.2 Å². The van der Waals surface area contributed by atoms with Crippen molar-refractivity contribution in [3.63, 3.8) is 0 Å². The number of guanidine groups is 1. The summed E-state index contributed by atoms with van der Waals surface area (Å²) in [5.41, 5.74) is 0. The van der Waals surface area contributed by atoms with Gasteiger partial charge in [-0.1, -0.05) is 18.2 Å². The fourth-order valence-electron chi connectivity index (χ4n) is 3.31. The molecule has 3 amide bonds. The van der Waals surface area contributed by atoms with E-state index in [1.54, 1.807) is 7.05 Å². The highest BCUT2D eigenvalue weighted by Crippen LogP contribution is 2.20. The molecular weight excluding hydrogens is 374 g/mol. The number of fused-ring (bicyclic) bond motifs is 1. The largest absolute Gasteiger partial charge is 0.492 e. The van der Waals surface area contributed by atoms with E-state index in [1.165, 1.54) is 4.90 Å². The van der Waals surface area contributed by atoms with Crippen LogP contribution >= 0.6 is 0 Å². The third kappa shape index (κ3) is 5.17. The van der Waals surface area contributed by atoms with Crippen LogP contribution in [0.25, 0.3) is 0 Å². The minimum atomic E-state index is -0.553. The maximum absolute atomic E-state index is 12.5. The number of likely N-dealkylation sites (N-methyl/N-ethyl adjacent to an activating group) is 1. The molecule has 29 heavy (non-hydrogen) atoms. The molecule has 0 saturated carbocycles. The van der Waals surface area contributed by atoms with Crippen LogP contribution in [-0.4, -0.2) is 79.4 Å². The second kappa shape index (κ2) is 9.60. The summed E-state index contributed by atoms with van der Waals surface area (Å²) in [5, 5.41) is 5.62. The molecule has 0 bridgehead atoms. The number of nitrogens with one attached hydrogen (secondary N) is 2. The van der Waals surface area contributed by atoms with Gasteiger partial charge in [-0.15, -0.1) is 0 Å². The lowest BCUT2D eigenvalue weighted by atomic mass is 10.1. The van der Waals surface area contributed by atoms with E-state index >= 15 is 0 Å². The molecule has 2 aliphatic rings. The van der Waals surface area contributed by atoms with Crippen molar-refractivity contribution in [1.29, 1.82) is 0 Å². The number of ether oxygens (including phenoxy) is 2. The third-order valence-corrected chi connectivity index (χ3v) is 4.78. The van der Waals surface area contributed by atoms with Crippen LogP contribution in [0.3, 0.4) is 0 Å². The molecule has 158 valence electrons. The highest BCUT2D eigenvalue weighted by atomic mass is 16.5.